The van der Waals surface area contributed by atoms with Crippen molar-refractivity contribution in [3.8, 4) is 16.9 Å². The molecule has 1 aliphatic heterocycles. The number of hydrogen-bond acceptors (Lipinski definition) is 3. The van der Waals surface area contributed by atoms with Crippen LogP contribution in [-0.4, -0.2) is 13.5 Å². The van der Waals surface area contributed by atoms with Gasteiger partial charge in [0, 0.05) is 0 Å². The first-order valence-electron chi connectivity index (χ1n) is 5.12. The summed E-state index contributed by atoms with van der Waals surface area (Å²) in [4.78, 5) is 0. The number of para-hydroxylation sites is 2. The Hall–Kier alpha value is -1.36. The topological polar surface area (TPSA) is 33.0 Å². The van der Waals surface area contributed by atoms with E-state index in [4.69, 9.17) is 10.00 Å². The van der Waals surface area contributed by atoms with Crippen molar-refractivity contribution in [1.29, 1.82) is 5.26 Å². The number of nitrogens with zero attached hydrogens (tertiary/aromatic N) is 1. The predicted molar refractivity (Wildman–Crippen MR) is 71.2 cm³/mol. The standard InChI is InChI=1S/C13H8AsNOS/c15-9-17-14-10-5-1-3-7-12(10)16-13-8-4-2-6-11(13)14/h1-8H. The fourth-order valence-electron chi connectivity index (χ4n) is 1.81. The van der Waals surface area contributed by atoms with Gasteiger partial charge in [-0.3, -0.25) is 0 Å². The fourth-order valence-corrected chi connectivity index (χ4v) is 8.23. The van der Waals surface area contributed by atoms with Gasteiger partial charge in [0.05, 0.1) is 0 Å². The first-order chi connectivity index (χ1) is 8.40. The Bertz CT molecular complexity index is 563. The molecule has 4 heteroatoms. The number of nitriles is 1. The summed E-state index contributed by atoms with van der Waals surface area (Å²) in [6, 6.07) is 16.1. The Kier molecular flexibility index (Phi) is 2.84. The van der Waals surface area contributed by atoms with Crippen LogP contribution in [-0.2, 0) is 0 Å². The van der Waals surface area contributed by atoms with Crippen molar-refractivity contribution < 1.29 is 4.74 Å². The molecule has 0 N–H and O–H groups in total. The maximum atomic E-state index is 8.98. The fraction of sp³-hybridized carbons (Fsp3) is 0. The van der Waals surface area contributed by atoms with E-state index in [-0.39, 0.29) is 0 Å². The molecule has 0 amide bonds. The third kappa shape index (κ3) is 1.84. The second-order valence-electron chi connectivity index (χ2n) is 3.51. The van der Waals surface area contributed by atoms with Gasteiger partial charge in [-0.2, -0.15) is 0 Å². The van der Waals surface area contributed by atoms with Gasteiger partial charge in [0.1, 0.15) is 0 Å². The Morgan fingerprint density at radius 2 is 1.47 bits per heavy atom. The quantitative estimate of drug-likeness (QED) is 0.597. The van der Waals surface area contributed by atoms with Crippen molar-refractivity contribution in [2.24, 2.45) is 0 Å². The molecule has 1 aliphatic rings. The molecular weight excluding hydrogens is 293 g/mol. The maximum absolute atomic E-state index is 8.98. The van der Waals surface area contributed by atoms with Crippen molar-refractivity contribution in [2.75, 3.05) is 0 Å². The van der Waals surface area contributed by atoms with E-state index in [2.05, 4.69) is 17.5 Å². The molecule has 0 bridgehead atoms. The molecule has 0 aromatic heterocycles. The van der Waals surface area contributed by atoms with Crippen LogP contribution in [0, 0.1) is 10.7 Å². The summed E-state index contributed by atoms with van der Waals surface area (Å²) in [7, 11) is 1.41. The molecule has 0 atom stereocenters. The van der Waals surface area contributed by atoms with Gasteiger partial charge in [-0.05, 0) is 0 Å². The molecule has 82 valence electrons. The van der Waals surface area contributed by atoms with Gasteiger partial charge >= 0.3 is 108 Å². The molecule has 0 fully saturated rings. The molecule has 2 aromatic rings. The molecule has 0 aliphatic carbocycles. The van der Waals surface area contributed by atoms with Crippen LogP contribution in [0.2, 0.25) is 0 Å². The summed E-state index contributed by atoms with van der Waals surface area (Å²) in [6.45, 7) is 0. The second-order valence-corrected chi connectivity index (χ2v) is 10.2. The molecular formula is C13H8AsNOS. The van der Waals surface area contributed by atoms with Gasteiger partial charge < -0.3 is 0 Å². The predicted octanol–water partition coefficient (Wildman–Crippen LogP) is 2.11. The minimum absolute atomic E-state index is 0.911. The third-order valence-corrected chi connectivity index (χ3v) is 9.88. The van der Waals surface area contributed by atoms with Crippen LogP contribution >= 0.6 is 10.0 Å². The molecule has 0 saturated heterocycles. The van der Waals surface area contributed by atoms with Crippen molar-refractivity contribution in [2.45, 2.75) is 0 Å². The Morgan fingerprint density at radius 3 is 2.00 bits per heavy atom. The van der Waals surface area contributed by atoms with Crippen molar-refractivity contribution in [1.82, 2.24) is 0 Å². The average molecular weight is 301 g/mol. The van der Waals surface area contributed by atoms with Gasteiger partial charge in [0.2, 0.25) is 0 Å². The number of hydrogen-bond donors (Lipinski definition) is 0. The van der Waals surface area contributed by atoms with Gasteiger partial charge in [-0.15, -0.1) is 0 Å². The van der Waals surface area contributed by atoms with Crippen LogP contribution in [0.25, 0.3) is 0 Å². The summed E-state index contributed by atoms with van der Waals surface area (Å²) in [6.07, 6.45) is 0. The second kappa shape index (κ2) is 4.49. The van der Waals surface area contributed by atoms with Crippen LogP contribution in [0.1, 0.15) is 0 Å². The molecule has 17 heavy (non-hydrogen) atoms. The summed E-state index contributed by atoms with van der Waals surface area (Å²) in [5, 5.41) is 11.2. The molecule has 2 nitrogen and oxygen atoms in total. The Labute approximate surface area is 107 Å². The van der Waals surface area contributed by atoms with Crippen molar-refractivity contribution in [3.05, 3.63) is 48.5 Å². The summed E-state index contributed by atoms with van der Waals surface area (Å²) in [5.74, 6) is 1.82. The molecule has 0 unspecified atom stereocenters. The number of thiocyanates is 1. The molecule has 3 rings (SSSR count). The molecule has 0 radical (unpaired) electrons. The van der Waals surface area contributed by atoms with E-state index >= 15 is 0 Å². The van der Waals surface area contributed by atoms with Crippen LogP contribution < -0.4 is 13.4 Å². The van der Waals surface area contributed by atoms with E-state index in [1.165, 1.54) is 18.7 Å². The monoisotopic (exact) mass is 301 g/mol. The molecule has 0 spiro atoms. The summed E-state index contributed by atoms with van der Waals surface area (Å²) < 4.78 is 8.29. The summed E-state index contributed by atoms with van der Waals surface area (Å²) >= 11 is -1.57. The normalized spacial score (nSPS) is 13.1. The summed E-state index contributed by atoms with van der Waals surface area (Å²) in [5.41, 5.74) is 0. The van der Waals surface area contributed by atoms with Gasteiger partial charge in [-0.25, -0.2) is 0 Å². The zero-order valence-corrected chi connectivity index (χ0v) is 11.5. The minimum atomic E-state index is -1.57. The first kappa shape index (κ1) is 10.8. The molecule has 0 saturated carbocycles. The van der Waals surface area contributed by atoms with Crippen LogP contribution in [0.3, 0.4) is 0 Å². The molecule has 1 heterocycles. The van der Waals surface area contributed by atoms with Crippen LogP contribution in [0.4, 0.5) is 0 Å². The van der Waals surface area contributed by atoms with E-state index in [1.807, 2.05) is 36.4 Å². The van der Waals surface area contributed by atoms with E-state index in [1.54, 1.807) is 0 Å². The average Bonchev–Trinajstić information content (AvgIpc) is 2.39. The van der Waals surface area contributed by atoms with E-state index in [0.717, 1.165) is 11.5 Å². The Morgan fingerprint density at radius 1 is 0.941 bits per heavy atom. The number of ether oxygens (including phenoxy) is 1. The van der Waals surface area contributed by atoms with E-state index < -0.39 is 13.5 Å². The zero-order chi connectivity index (χ0) is 11.7. The number of fused-ring (bicyclic) bond motifs is 2. The third-order valence-electron chi connectivity index (χ3n) is 2.52. The Balaban J connectivity index is 2.18. The van der Waals surface area contributed by atoms with E-state index in [0.29, 0.717) is 0 Å². The number of benzene rings is 2. The zero-order valence-electron chi connectivity index (χ0n) is 8.83. The molecule has 2 aromatic carbocycles. The van der Waals surface area contributed by atoms with Crippen molar-refractivity contribution in [3.63, 3.8) is 0 Å². The van der Waals surface area contributed by atoms with Gasteiger partial charge in [-0.1, -0.05) is 0 Å². The van der Waals surface area contributed by atoms with Crippen molar-refractivity contribution >= 4 is 32.2 Å². The SMILES string of the molecule is N#CS[As]1c2ccccc2Oc2ccccc21. The van der Waals surface area contributed by atoms with Gasteiger partial charge in [0.25, 0.3) is 0 Å². The van der Waals surface area contributed by atoms with Crippen LogP contribution in [0.15, 0.2) is 48.5 Å². The number of rotatable bonds is 1. The first-order valence-corrected chi connectivity index (χ1v) is 10.1. The van der Waals surface area contributed by atoms with Crippen LogP contribution in [0.5, 0.6) is 11.5 Å². The van der Waals surface area contributed by atoms with E-state index in [9.17, 15) is 0 Å². The van der Waals surface area contributed by atoms with Gasteiger partial charge in [0.15, 0.2) is 0 Å².